The van der Waals surface area contributed by atoms with Gasteiger partial charge in [-0.1, -0.05) is 129 Å². The Morgan fingerprint density at radius 1 is 0.727 bits per heavy atom. The van der Waals surface area contributed by atoms with Crippen molar-refractivity contribution in [3.63, 3.8) is 0 Å². The molecule has 3 heteroatoms. The van der Waals surface area contributed by atoms with Gasteiger partial charge >= 0.3 is 70.3 Å². The van der Waals surface area contributed by atoms with Crippen LogP contribution in [0.3, 0.4) is 0 Å². The van der Waals surface area contributed by atoms with Gasteiger partial charge in [0.25, 0.3) is 0 Å². The maximum Gasteiger partial charge on any atom is -1.00 e. The summed E-state index contributed by atoms with van der Waals surface area (Å²) in [5, 5.41) is 5.49. The predicted octanol–water partition coefficient (Wildman–Crippen LogP) is 5.76. The Morgan fingerprint density at radius 3 is 1.52 bits per heavy atom. The maximum atomic E-state index is 3.48. The number of allylic oxidation sites excluding steroid dienone is 4. The smallest absolute Gasteiger partial charge is 1.00 e. The van der Waals surface area contributed by atoms with Gasteiger partial charge in [0.2, 0.25) is 0 Å². The van der Waals surface area contributed by atoms with Gasteiger partial charge in [0.05, 0.1) is 0 Å². The molecule has 0 spiro atoms. The molecule has 4 aromatic carbocycles. The topological polar surface area (TPSA) is 0 Å². The standard InChI is InChI=1S/C21H25.C12H19.C8H8.2ClH.Zr/c1-20(2,3)16-9-7-14-11-15-8-10-17(21(4,5)6)13-19(15)18(14)12-16;1-6-10-7-9(2)8-11(10)12(3,4)5;1-7-3-5-8(2)6-4-7;;;/h7-13H,1-6H3;8-9H,6H2,1-5H3;1,3-6H,2H3;2*1H;/q2*-1;;;;+2/p-2. The molecule has 5 rings (SSSR count). The quantitative estimate of drug-likeness (QED) is 0.233. The number of aryl methyl sites for hydroxylation is 1. The zero-order chi connectivity index (χ0) is 31.5. The molecule has 1 unspecified atom stereocenters. The molecule has 0 aliphatic heterocycles. The molecule has 0 radical (unpaired) electrons. The molecule has 0 N–H and O–H groups in total. The van der Waals surface area contributed by atoms with E-state index in [2.05, 4.69) is 166 Å². The van der Waals surface area contributed by atoms with Crippen molar-refractivity contribution >= 4 is 25.3 Å². The second-order valence-corrected chi connectivity index (χ2v) is 15.6. The molecule has 1 atom stereocenters. The molecule has 0 saturated heterocycles. The van der Waals surface area contributed by atoms with Crippen LogP contribution in [-0.2, 0) is 35.1 Å². The Balaban J connectivity index is 0.000000359. The maximum absolute atomic E-state index is 3.48. The molecule has 0 fully saturated rings. The van der Waals surface area contributed by atoms with Crippen molar-refractivity contribution < 1.29 is 49.0 Å². The second kappa shape index (κ2) is 16.3. The molecule has 0 nitrogen and oxygen atoms in total. The van der Waals surface area contributed by atoms with E-state index in [1.807, 2.05) is 0 Å². The summed E-state index contributed by atoms with van der Waals surface area (Å²) in [4.78, 5) is 0. The Hall–Kier alpha value is -1.66. The fraction of sp³-hybridized carbons (Fsp3) is 0.415. The van der Waals surface area contributed by atoms with E-state index >= 15 is 0 Å². The minimum Gasteiger partial charge on any atom is -1.00 e. The van der Waals surface area contributed by atoms with Crippen LogP contribution in [0.2, 0.25) is 0 Å². The van der Waals surface area contributed by atoms with E-state index in [0.717, 1.165) is 6.42 Å². The van der Waals surface area contributed by atoms with Crippen molar-refractivity contribution in [2.24, 2.45) is 11.3 Å². The first-order valence-corrected chi connectivity index (χ1v) is 16.9. The molecule has 1 aliphatic rings. The summed E-state index contributed by atoms with van der Waals surface area (Å²) in [6, 6.07) is 24.7. The van der Waals surface area contributed by atoms with Crippen LogP contribution < -0.4 is 24.8 Å². The monoisotopic (exact) mass is 704 g/mol. The van der Waals surface area contributed by atoms with E-state index < -0.39 is 0 Å². The zero-order valence-corrected chi connectivity index (χ0v) is 33.0. The summed E-state index contributed by atoms with van der Waals surface area (Å²) in [6.07, 6.45) is 6.95. The van der Waals surface area contributed by atoms with Crippen molar-refractivity contribution in [1.82, 2.24) is 0 Å². The fourth-order valence-corrected chi connectivity index (χ4v) is 5.81. The van der Waals surface area contributed by atoms with Gasteiger partial charge in [0.15, 0.2) is 0 Å². The van der Waals surface area contributed by atoms with Crippen molar-refractivity contribution in [3.8, 4) is 0 Å². The van der Waals surface area contributed by atoms with Crippen LogP contribution in [0.15, 0.2) is 84.0 Å². The first kappa shape index (κ1) is 40.4. The number of hydrogen-bond acceptors (Lipinski definition) is 0. The third-order valence-corrected chi connectivity index (χ3v) is 8.81. The first-order chi connectivity index (χ1) is 19.4. The molecule has 0 saturated carbocycles. The Kier molecular flexibility index (Phi) is 14.9. The SMILES string of the molecule is CC(C)(C)c1ccc2[cH-]c3ccc(C(C)(C)C)cc3c2c1.CCC1=[C-]C(C)C=C1C(C)(C)C.Cc1ccc([CH]=[Zr+2])cc1.[Cl-].[Cl-]. The molecule has 0 aromatic heterocycles. The molecule has 0 amide bonds. The van der Waals surface area contributed by atoms with Gasteiger partial charge in [-0.05, 0) is 10.8 Å². The van der Waals surface area contributed by atoms with E-state index in [-0.39, 0.29) is 35.6 Å². The number of halogens is 2. The zero-order valence-electron chi connectivity index (χ0n) is 29.0. The molecular formula is C41H52Cl2Zr-2. The van der Waals surface area contributed by atoms with Gasteiger partial charge in [0.1, 0.15) is 0 Å². The molecule has 0 heterocycles. The second-order valence-electron chi connectivity index (χ2n) is 14.9. The van der Waals surface area contributed by atoms with Crippen molar-refractivity contribution in [3.05, 3.63) is 112 Å². The molecule has 44 heavy (non-hydrogen) atoms. The summed E-state index contributed by atoms with van der Waals surface area (Å²) in [5.74, 6) is 0.522. The summed E-state index contributed by atoms with van der Waals surface area (Å²) in [5.41, 5.74) is 9.08. The van der Waals surface area contributed by atoms with E-state index in [1.54, 1.807) is 0 Å². The Labute approximate surface area is 296 Å². The van der Waals surface area contributed by atoms with Crippen molar-refractivity contribution in [2.45, 2.75) is 100 Å². The number of fused-ring (bicyclic) bond motifs is 3. The van der Waals surface area contributed by atoms with E-state index in [0.29, 0.717) is 11.3 Å². The van der Waals surface area contributed by atoms with Crippen LogP contribution in [0, 0.1) is 24.3 Å². The third kappa shape index (κ3) is 10.7. The van der Waals surface area contributed by atoms with Crippen LogP contribution in [0.4, 0.5) is 0 Å². The van der Waals surface area contributed by atoms with Gasteiger partial charge in [-0.25, -0.2) is 5.57 Å². The van der Waals surface area contributed by atoms with Gasteiger partial charge in [-0.2, -0.15) is 11.6 Å². The average molecular weight is 707 g/mol. The average Bonchev–Trinajstić information content (AvgIpc) is 3.48. The molecule has 1 aliphatic carbocycles. The summed E-state index contributed by atoms with van der Waals surface area (Å²) < 4.78 is 2.19. The van der Waals surface area contributed by atoms with Crippen molar-refractivity contribution in [1.29, 1.82) is 0 Å². The van der Waals surface area contributed by atoms with Crippen LogP contribution in [0.5, 0.6) is 0 Å². The van der Waals surface area contributed by atoms with E-state index in [4.69, 9.17) is 0 Å². The molecule has 4 aromatic rings. The Morgan fingerprint density at radius 2 is 1.18 bits per heavy atom. The molecule has 0 bridgehead atoms. The predicted molar refractivity (Wildman–Crippen MR) is 185 cm³/mol. The van der Waals surface area contributed by atoms with E-state index in [9.17, 15) is 0 Å². The minimum absolute atomic E-state index is 0. The largest absolute Gasteiger partial charge is 1.00 e. The minimum atomic E-state index is 0. The summed E-state index contributed by atoms with van der Waals surface area (Å²) >= 11 is 1.47. The normalized spacial score (nSPS) is 14.7. The van der Waals surface area contributed by atoms with Gasteiger partial charge in [0, 0.05) is 0 Å². The van der Waals surface area contributed by atoms with Gasteiger partial charge < -0.3 is 24.8 Å². The van der Waals surface area contributed by atoms with Gasteiger partial charge in [-0.3, -0.25) is 6.08 Å². The fourth-order valence-electron chi connectivity index (χ4n) is 5.33. The molecule has 236 valence electrons. The number of hydrogen-bond donors (Lipinski definition) is 0. The van der Waals surface area contributed by atoms with Crippen LogP contribution >= 0.6 is 0 Å². The molecular weight excluding hydrogens is 655 g/mol. The van der Waals surface area contributed by atoms with Crippen LogP contribution in [0.25, 0.3) is 21.5 Å². The first-order valence-electron chi connectivity index (χ1n) is 15.5. The number of benzene rings is 3. The van der Waals surface area contributed by atoms with E-state index in [1.165, 1.54) is 79.2 Å². The van der Waals surface area contributed by atoms with Crippen LogP contribution in [-0.4, -0.2) is 3.71 Å². The van der Waals surface area contributed by atoms with Crippen LogP contribution in [0.1, 0.15) is 105 Å². The summed E-state index contributed by atoms with van der Waals surface area (Å²) in [6.45, 7) is 27.0. The number of rotatable bonds is 2. The Bertz CT molecular complexity index is 1510. The van der Waals surface area contributed by atoms with Gasteiger partial charge in [-0.15, -0.1) is 39.7 Å². The summed E-state index contributed by atoms with van der Waals surface area (Å²) in [7, 11) is 0. The third-order valence-electron chi connectivity index (χ3n) is 7.99. The van der Waals surface area contributed by atoms with Crippen molar-refractivity contribution in [2.75, 3.05) is 0 Å².